The van der Waals surface area contributed by atoms with Gasteiger partial charge in [-0.25, -0.2) is 0 Å². The summed E-state index contributed by atoms with van der Waals surface area (Å²) in [4.78, 5) is 14.6. The minimum absolute atomic E-state index is 0. The lowest BCUT2D eigenvalue weighted by Crippen LogP contribution is -2.44. The molecule has 1 aliphatic heterocycles. The molecule has 1 aromatic carbocycles. The Morgan fingerprint density at radius 3 is 2.59 bits per heavy atom. The molecule has 2 heterocycles. The smallest absolute Gasteiger partial charge is 0.257 e. The molecular formula is C16H21ClN4O. The predicted molar refractivity (Wildman–Crippen MR) is 89.3 cm³/mol. The Labute approximate surface area is 136 Å². The summed E-state index contributed by atoms with van der Waals surface area (Å²) in [6.07, 6.45) is 3.64. The van der Waals surface area contributed by atoms with E-state index in [1.165, 1.54) is 0 Å². The van der Waals surface area contributed by atoms with Gasteiger partial charge < -0.3 is 10.2 Å². The highest BCUT2D eigenvalue weighted by Gasteiger charge is 2.25. The number of benzene rings is 1. The van der Waals surface area contributed by atoms with Gasteiger partial charge in [0.1, 0.15) is 0 Å². The van der Waals surface area contributed by atoms with Gasteiger partial charge in [0.2, 0.25) is 0 Å². The van der Waals surface area contributed by atoms with Gasteiger partial charge in [-0.2, -0.15) is 5.10 Å². The molecule has 1 aromatic heterocycles. The van der Waals surface area contributed by atoms with Crippen LogP contribution in [0.2, 0.25) is 0 Å². The molecule has 0 unspecified atom stereocenters. The third-order valence-corrected chi connectivity index (χ3v) is 4.12. The Hall–Kier alpha value is -1.85. The Balaban J connectivity index is 0.00000176. The first-order valence-electron chi connectivity index (χ1n) is 7.35. The van der Waals surface area contributed by atoms with Crippen molar-refractivity contribution in [3.05, 3.63) is 42.1 Å². The Kier molecular flexibility index (Phi) is 5.57. The molecule has 22 heavy (non-hydrogen) atoms. The molecule has 0 aliphatic carbocycles. The molecule has 0 bridgehead atoms. The van der Waals surface area contributed by atoms with Gasteiger partial charge in [-0.15, -0.1) is 12.4 Å². The fraction of sp³-hybridized carbons (Fsp3) is 0.375. The second-order valence-corrected chi connectivity index (χ2v) is 5.38. The first-order chi connectivity index (χ1) is 10.3. The monoisotopic (exact) mass is 320 g/mol. The van der Waals surface area contributed by atoms with E-state index >= 15 is 0 Å². The zero-order valence-corrected chi connectivity index (χ0v) is 13.4. The van der Waals surface area contributed by atoms with Crippen molar-refractivity contribution >= 4 is 18.3 Å². The van der Waals surface area contributed by atoms with Gasteiger partial charge in [0.25, 0.3) is 5.91 Å². The summed E-state index contributed by atoms with van der Waals surface area (Å²) in [6, 6.07) is 10.4. The van der Waals surface area contributed by atoms with Crippen LogP contribution >= 0.6 is 12.4 Å². The first kappa shape index (κ1) is 16.5. The highest BCUT2D eigenvalue weighted by molar-refractivity contribution is 5.99. The highest BCUT2D eigenvalue weighted by Crippen LogP contribution is 2.23. The van der Waals surface area contributed by atoms with Crippen molar-refractivity contribution in [3.63, 3.8) is 0 Å². The van der Waals surface area contributed by atoms with Crippen LogP contribution in [-0.4, -0.2) is 47.2 Å². The van der Waals surface area contributed by atoms with Crippen LogP contribution in [0.1, 0.15) is 23.2 Å². The quantitative estimate of drug-likeness (QED) is 0.912. The normalized spacial score (nSPS) is 15.4. The van der Waals surface area contributed by atoms with Gasteiger partial charge in [0, 0.05) is 24.7 Å². The lowest BCUT2D eigenvalue weighted by atomic mass is 10.0. The summed E-state index contributed by atoms with van der Waals surface area (Å²) >= 11 is 0. The molecule has 5 nitrogen and oxygen atoms in total. The van der Waals surface area contributed by atoms with Crippen molar-refractivity contribution in [2.24, 2.45) is 0 Å². The van der Waals surface area contributed by atoms with Crippen LogP contribution in [0.4, 0.5) is 0 Å². The van der Waals surface area contributed by atoms with E-state index in [1.54, 1.807) is 6.20 Å². The molecule has 0 radical (unpaired) electrons. The minimum atomic E-state index is 0. The van der Waals surface area contributed by atoms with E-state index in [0.717, 1.165) is 37.2 Å². The number of carbonyl (C=O) groups excluding carboxylic acids is 1. The number of nitrogens with zero attached hydrogens (tertiary/aromatic N) is 2. The number of amides is 1. The summed E-state index contributed by atoms with van der Waals surface area (Å²) in [5.41, 5.74) is 2.45. The summed E-state index contributed by atoms with van der Waals surface area (Å²) in [6.45, 7) is 1.59. The molecule has 1 fully saturated rings. The highest BCUT2D eigenvalue weighted by atomic mass is 35.5. The number of aromatic nitrogens is 2. The maximum Gasteiger partial charge on any atom is 0.257 e. The predicted octanol–water partition coefficient (Wildman–Crippen LogP) is 2.32. The van der Waals surface area contributed by atoms with Gasteiger partial charge >= 0.3 is 0 Å². The number of hydrogen-bond acceptors (Lipinski definition) is 3. The average Bonchev–Trinajstić information content (AvgIpc) is 3.04. The van der Waals surface area contributed by atoms with Crippen LogP contribution in [0, 0.1) is 0 Å². The molecule has 1 saturated heterocycles. The molecule has 0 atom stereocenters. The van der Waals surface area contributed by atoms with Crippen LogP contribution in [-0.2, 0) is 0 Å². The lowest BCUT2D eigenvalue weighted by Gasteiger charge is -2.31. The topological polar surface area (TPSA) is 61.0 Å². The molecule has 2 N–H and O–H groups in total. The Morgan fingerprint density at radius 2 is 1.95 bits per heavy atom. The third-order valence-electron chi connectivity index (χ3n) is 4.12. The van der Waals surface area contributed by atoms with Gasteiger partial charge in [-0.05, 0) is 19.9 Å². The van der Waals surface area contributed by atoms with Gasteiger partial charge in [0.05, 0.1) is 17.5 Å². The fourth-order valence-corrected chi connectivity index (χ4v) is 2.81. The number of rotatable bonds is 3. The second-order valence-electron chi connectivity index (χ2n) is 5.38. The summed E-state index contributed by atoms with van der Waals surface area (Å²) in [5, 5.41) is 10.3. The van der Waals surface area contributed by atoms with Crippen LogP contribution in [0.5, 0.6) is 0 Å². The number of carbonyl (C=O) groups is 1. The van der Waals surface area contributed by atoms with E-state index in [0.29, 0.717) is 11.6 Å². The molecule has 2 aromatic rings. The number of aromatic amines is 1. The van der Waals surface area contributed by atoms with Crippen LogP contribution in [0.15, 0.2) is 36.5 Å². The third kappa shape index (κ3) is 3.31. The van der Waals surface area contributed by atoms with Crippen molar-refractivity contribution in [2.75, 3.05) is 20.1 Å². The molecule has 118 valence electrons. The average molecular weight is 321 g/mol. The molecular weight excluding hydrogens is 300 g/mol. The van der Waals surface area contributed by atoms with E-state index in [4.69, 9.17) is 0 Å². The van der Waals surface area contributed by atoms with E-state index in [2.05, 4.69) is 15.5 Å². The zero-order valence-electron chi connectivity index (χ0n) is 12.6. The maximum absolute atomic E-state index is 12.7. The largest absolute Gasteiger partial charge is 0.338 e. The molecule has 0 spiro atoms. The van der Waals surface area contributed by atoms with Crippen molar-refractivity contribution in [1.82, 2.24) is 20.4 Å². The molecule has 0 saturated carbocycles. The summed E-state index contributed by atoms with van der Waals surface area (Å²) in [5.74, 6) is 0.0668. The number of piperidine rings is 1. The van der Waals surface area contributed by atoms with Crippen LogP contribution in [0.25, 0.3) is 11.3 Å². The van der Waals surface area contributed by atoms with Crippen molar-refractivity contribution in [1.29, 1.82) is 0 Å². The molecule has 3 rings (SSSR count). The number of hydrogen-bond donors (Lipinski definition) is 2. The zero-order chi connectivity index (χ0) is 14.7. The van der Waals surface area contributed by atoms with Gasteiger partial charge in [-0.3, -0.25) is 9.89 Å². The molecule has 1 amide bonds. The lowest BCUT2D eigenvalue weighted by molar-refractivity contribution is 0.0708. The standard InChI is InChI=1S/C16H20N4O.ClH/c1-17-13-7-9-20(10-8-13)16(21)14-11-18-19-15(14)12-5-3-2-4-6-12;/h2-6,11,13,17H,7-10H2,1H3,(H,18,19);1H. The summed E-state index contributed by atoms with van der Waals surface area (Å²) in [7, 11) is 1.98. The van der Waals surface area contributed by atoms with Crippen molar-refractivity contribution < 1.29 is 4.79 Å². The minimum Gasteiger partial charge on any atom is -0.338 e. The SMILES string of the molecule is CNC1CCN(C(=O)c2cn[nH]c2-c2ccccc2)CC1.Cl. The molecule has 6 heteroatoms. The maximum atomic E-state index is 12.7. The first-order valence-corrected chi connectivity index (χ1v) is 7.35. The summed E-state index contributed by atoms with van der Waals surface area (Å²) < 4.78 is 0. The fourth-order valence-electron chi connectivity index (χ4n) is 2.81. The number of H-pyrrole nitrogens is 1. The van der Waals surface area contributed by atoms with Crippen LogP contribution in [0.3, 0.4) is 0 Å². The van der Waals surface area contributed by atoms with Crippen LogP contribution < -0.4 is 5.32 Å². The second kappa shape index (κ2) is 7.42. The number of halogens is 1. The van der Waals surface area contributed by atoms with Gasteiger partial charge in [-0.1, -0.05) is 30.3 Å². The van der Waals surface area contributed by atoms with E-state index in [1.807, 2.05) is 42.3 Å². The molecule has 1 aliphatic rings. The Bertz CT molecular complexity index is 606. The Morgan fingerprint density at radius 1 is 1.27 bits per heavy atom. The van der Waals surface area contributed by atoms with Gasteiger partial charge in [0.15, 0.2) is 0 Å². The number of likely N-dealkylation sites (tertiary alicyclic amines) is 1. The van der Waals surface area contributed by atoms with E-state index in [-0.39, 0.29) is 18.3 Å². The number of nitrogens with one attached hydrogen (secondary N) is 2. The van der Waals surface area contributed by atoms with Crippen molar-refractivity contribution in [2.45, 2.75) is 18.9 Å². The van der Waals surface area contributed by atoms with E-state index in [9.17, 15) is 4.79 Å². The van der Waals surface area contributed by atoms with E-state index < -0.39 is 0 Å². The van der Waals surface area contributed by atoms with Crippen molar-refractivity contribution in [3.8, 4) is 11.3 Å².